The molecule has 0 aliphatic heterocycles. The van der Waals surface area contributed by atoms with Crippen LogP contribution < -0.4 is 0 Å². The van der Waals surface area contributed by atoms with E-state index in [1.54, 1.807) is 0 Å². The topological polar surface area (TPSA) is 63.6 Å². The Morgan fingerprint density at radius 1 is 0.931 bits per heavy atom. The van der Waals surface area contributed by atoms with Crippen LogP contribution >= 0.6 is 0 Å². The van der Waals surface area contributed by atoms with Crippen LogP contribution in [0.5, 0.6) is 0 Å². The summed E-state index contributed by atoms with van der Waals surface area (Å²) in [5.41, 5.74) is -0.313. The molecule has 7 atom stereocenters. The van der Waals surface area contributed by atoms with Crippen LogP contribution in [0.2, 0.25) is 0 Å². The number of carbonyl (C=O) groups is 2. The number of hydrogen-bond acceptors (Lipinski definition) is 3. The molecule has 0 aromatic rings. The molecule has 29 heavy (non-hydrogen) atoms. The van der Waals surface area contributed by atoms with Crippen molar-refractivity contribution in [3.8, 4) is 0 Å². The van der Waals surface area contributed by atoms with Crippen molar-refractivity contribution in [3.05, 3.63) is 0 Å². The highest BCUT2D eigenvalue weighted by molar-refractivity contribution is 5.66. The van der Waals surface area contributed by atoms with E-state index in [1.165, 1.54) is 6.92 Å². The van der Waals surface area contributed by atoms with E-state index in [9.17, 15) is 4.79 Å². The fourth-order valence-corrected chi connectivity index (χ4v) is 7.69. The first-order chi connectivity index (χ1) is 13.4. The van der Waals surface area contributed by atoms with E-state index >= 15 is 8.78 Å². The highest BCUT2D eigenvalue weighted by Gasteiger charge is 2.66. The van der Waals surface area contributed by atoms with E-state index in [-0.39, 0.29) is 41.2 Å². The van der Waals surface area contributed by atoms with Crippen molar-refractivity contribution in [2.24, 2.45) is 34.5 Å². The van der Waals surface area contributed by atoms with Crippen molar-refractivity contribution in [2.75, 3.05) is 0 Å². The summed E-state index contributed by atoms with van der Waals surface area (Å²) in [7, 11) is 0. The van der Waals surface area contributed by atoms with Gasteiger partial charge in [-0.3, -0.25) is 9.59 Å². The number of esters is 1. The van der Waals surface area contributed by atoms with Gasteiger partial charge in [-0.25, -0.2) is 8.78 Å². The Balaban J connectivity index is 0.000000552. The molecular formula is C23H36F2O4. The van der Waals surface area contributed by atoms with Gasteiger partial charge < -0.3 is 9.84 Å². The smallest absolute Gasteiger partial charge is 0.302 e. The summed E-state index contributed by atoms with van der Waals surface area (Å²) in [5, 5.41) is 7.42. The van der Waals surface area contributed by atoms with E-state index in [1.807, 2.05) is 0 Å². The average Bonchev–Trinajstić information content (AvgIpc) is 2.90. The third-order valence-electron chi connectivity index (χ3n) is 8.78. The predicted octanol–water partition coefficient (Wildman–Crippen LogP) is 5.69. The van der Waals surface area contributed by atoms with Crippen molar-refractivity contribution in [1.82, 2.24) is 0 Å². The Bertz CT molecular complexity index is 647. The molecule has 4 nitrogen and oxygen atoms in total. The molecule has 7 unspecified atom stereocenters. The van der Waals surface area contributed by atoms with Crippen LogP contribution in [0.15, 0.2) is 0 Å². The lowest BCUT2D eigenvalue weighted by Crippen LogP contribution is -2.59. The number of aliphatic carboxylic acids is 1. The maximum absolute atomic E-state index is 15.2. The van der Waals surface area contributed by atoms with Gasteiger partial charge in [-0.05, 0) is 61.7 Å². The van der Waals surface area contributed by atoms with E-state index in [0.717, 1.165) is 51.9 Å². The minimum Gasteiger partial charge on any atom is -0.481 e. The Labute approximate surface area is 172 Å². The predicted molar refractivity (Wildman–Crippen MR) is 106 cm³/mol. The molecular weight excluding hydrogens is 378 g/mol. The van der Waals surface area contributed by atoms with E-state index in [0.29, 0.717) is 12.3 Å². The highest BCUT2D eigenvalue weighted by atomic mass is 19.3. The molecule has 0 spiro atoms. The molecule has 0 amide bonds. The van der Waals surface area contributed by atoms with Gasteiger partial charge in [-0.1, -0.05) is 26.7 Å². The molecule has 0 aromatic heterocycles. The number of halogens is 2. The normalized spacial score (nSPS) is 45.0. The second kappa shape index (κ2) is 7.81. The summed E-state index contributed by atoms with van der Waals surface area (Å²) in [6, 6.07) is 0. The second-order valence-corrected chi connectivity index (χ2v) is 10.4. The quantitative estimate of drug-likeness (QED) is 0.560. The first-order valence-corrected chi connectivity index (χ1v) is 11.2. The van der Waals surface area contributed by atoms with Crippen LogP contribution in [-0.2, 0) is 14.3 Å². The van der Waals surface area contributed by atoms with Crippen molar-refractivity contribution < 1.29 is 28.2 Å². The molecule has 4 aliphatic rings. The number of carbonyl (C=O) groups excluding carboxylic acids is 1. The third kappa shape index (κ3) is 3.93. The number of carboxylic acids is 1. The van der Waals surface area contributed by atoms with E-state index in [4.69, 9.17) is 14.6 Å². The van der Waals surface area contributed by atoms with Crippen molar-refractivity contribution in [3.63, 3.8) is 0 Å². The fraction of sp³-hybridized carbons (Fsp3) is 0.913. The van der Waals surface area contributed by atoms with Crippen LogP contribution in [0.1, 0.15) is 85.5 Å². The highest BCUT2D eigenvalue weighted by Crippen LogP contribution is 2.69. The monoisotopic (exact) mass is 414 g/mol. The van der Waals surface area contributed by atoms with Gasteiger partial charge in [0, 0.05) is 31.6 Å². The molecule has 4 aliphatic carbocycles. The summed E-state index contributed by atoms with van der Waals surface area (Å²) < 4.78 is 35.9. The van der Waals surface area contributed by atoms with Crippen LogP contribution in [0, 0.1) is 34.5 Å². The van der Waals surface area contributed by atoms with Crippen LogP contribution in [0.25, 0.3) is 0 Å². The molecule has 6 heteroatoms. The first-order valence-electron chi connectivity index (χ1n) is 11.2. The molecule has 4 fully saturated rings. The van der Waals surface area contributed by atoms with Crippen molar-refractivity contribution in [1.29, 1.82) is 0 Å². The van der Waals surface area contributed by atoms with Gasteiger partial charge in [0.15, 0.2) is 0 Å². The molecule has 0 radical (unpaired) electrons. The van der Waals surface area contributed by atoms with E-state index in [2.05, 4.69) is 13.8 Å². The van der Waals surface area contributed by atoms with Gasteiger partial charge in [-0.15, -0.1) is 0 Å². The fourth-order valence-electron chi connectivity index (χ4n) is 7.69. The molecule has 166 valence electrons. The third-order valence-corrected chi connectivity index (χ3v) is 8.78. The number of carboxylic acid groups (broad SMARTS) is 1. The van der Waals surface area contributed by atoms with Crippen molar-refractivity contribution in [2.45, 2.75) is 97.5 Å². The van der Waals surface area contributed by atoms with Gasteiger partial charge in [0.1, 0.15) is 6.10 Å². The lowest BCUT2D eigenvalue weighted by atomic mass is 9.44. The number of alkyl halides is 2. The molecule has 0 aromatic carbocycles. The van der Waals surface area contributed by atoms with Gasteiger partial charge in [-0.2, -0.15) is 0 Å². The average molecular weight is 415 g/mol. The summed E-state index contributed by atoms with van der Waals surface area (Å²) in [6.07, 6.45) is 7.53. The Hall–Kier alpha value is -1.20. The Morgan fingerprint density at radius 3 is 2.17 bits per heavy atom. The summed E-state index contributed by atoms with van der Waals surface area (Å²) >= 11 is 0. The lowest BCUT2D eigenvalue weighted by Gasteiger charge is -2.62. The van der Waals surface area contributed by atoms with Crippen molar-refractivity contribution >= 4 is 11.9 Å². The zero-order valence-corrected chi connectivity index (χ0v) is 18.2. The van der Waals surface area contributed by atoms with Gasteiger partial charge in [0.2, 0.25) is 0 Å². The SMILES string of the molecule is CC(=O)O.CC(=O)OC1CCC2C3CC(F)(F)C4CCCCC4(C)C3CCC12C. The number of fused-ring (bicyclic) bond motifs is 5. The molecule has 0 saturated heterocycles. The van der Waals surface area contributed by atoms with Crippen LogP contribution in [0.4, 0.5) is 8.78 Å². The first kappa shape index (κ1) is 22.5. The Kier molecular flexibility index (Phi) is 6.05. The van der Waals surface area contributed by atoms with Gasteiger partial charge >= 0.3 is 5.97 Å². The van der Waals surface area contributed by atoms with Crippen LogP contribution in [0.3, 0.4) is 0 Å². The standard InChI is InChI=1S/C21H32F2O2.C2H4O2/c1-13(24)25-18-8-7-15-14-12-21(22,23)17-6-4-5-10-19(17,2)16(14)9-11-20(15,18)3;1-2(3)4/h14-18H,4-12H2,1-3H3;1H3,(H,3,4). The maximum atomic E-state index is 15.2. The maximum Gasteiger partial charge on any atom is 0.302 e. The molecule has 4 rings (SSSR count). The largest absolute Gasteiger partial charge is 0.481 e. The lowest BCUT2D eigenvalue weighted by molar-refractivity contribution is -0.227. The molecule has 0 heterocycles. The zero-order valence-electron chi connectivity index (χ0n) is 18.2. The molecule has 1 N–H and O–H groups in total. The number of hydrogen-bond donors (Lipinski definition) is 1. The molecule has 4 saturated carbocycles. The van der Waals surface area contributed by atoms with Gasteiger partial charge in [0.05, 0.1) is 0 Å². The summed E-state index contributed by atoms with van der Waals surface area (Å²) in [4.78, 5) is 20.5. The summed E-state index contributed by atoms with van der Waals surface area (Å²) in [6.45, 7) is 6.91. The summed E-state index contributed by atoms with van der Waals surface area (Å²) in [5.74, 6) is -3.23. The second-order valence-electron chi connectivity index (χ2n) is 10.4. The Morgan fingerprint density at radius 2 is 1.55 bits per heavy atom. The minimum absolute atomic E-state index is 0.0605. The van der Waals surface area contributed by atoms with E-state index < -0.39 is 17.8 Å². The molecule has 0 bridgehead atoms. The van der Waals surface area contributed by atoms with Crippen LogP contribution in [-0.4, -0.2) is 29.1 Å². The number of ether oxygens (including phenoxy) is 1. The zero-order chi connectivity index (χ0) is 21.6. The van der Waals surface area contributed by atoms with Gasteiger partial charge in [0.25, 0.3) is 11.9 Å². The number of rotatable bonds is 1. The minimum atomic E-state index is -2.53.